The van der Waals surface area contributed by atoms with Crippen molar-refractivity contribution in [1.29, 1.82) is 0 Å². The van der Waals surface area contributed by atoms with Crippen LogP contribution in [0.2, 0.25) is 0 Å². The van der Waals surface area contributed by atoms with E-state index >= 15 is 0 Å². The minimum atomic E-state index is -4.62. The van der Waals surface area contributed by atoms with Gasteiger partial charge in [-0.3, -0.25) is 9.69 Å². The fraction of sp³-hybridized carbons (Fsp3) is 0.0606. The molecular weight excluding hydrogens is 513 g/mol. The molecule has 1 aliphatic heterocycles. The summed E-state index contributed by atoms with van der Waals surface area (Å²) in [4.78, 5) is 15.5. The molecule has 4 nitrogen and oxygen atoms in total. The topological polar surface area (TPSA) is 45.5 Å². The molecule has 0 aliphatic carbocycles. The molecule has 1 aromatic heterocycles. The van der Waals surface area contributed by atoms with Crippen molar-refractivity contribution in [2.24, 2.45) is 0 Å². The molecule has 0 fully saturated rings. The molecule has 1 N–H and O–H groups in total. The number of carbonyl (C=O) groups excluding carboxylic acids is 1. The molecule has 1 aliphatic rings. The molecular formula is C33H21F3N2O2. The number of aromatic nitrogens is 1. The van der Waals surface area contributed by atoms with Gasteiger partial charge in [-0.1, -0.05) is 91.0 Å². The summed E-state index contributed by atoms with van der Waals surface area (Å²) < 4.78 is 44.4. The molecule has 0 radical (unpaired) electrons. The van der Waals surface area contributed by atoms with Crippen molar-refractivity contribution in [2.45, 2.75) is 12.4 Å². The van der Waals surface area contributed by atoms with Crippen molar-refractivity contribution in [3.05, 3.63) is 132 Å². The first-order valence-electron chi connectivity index (χ1n) is 12.7. The van der Waals surface area contributed by atoms with Crippen LogP contribution in [0.1, 0.15) is 27.7 Å². The zero-order valence-corrected chi connectivity index (χ0v) is 20.9. The Balaban J connectivity index is 1.49. The molecule has 7 rings (SSSR count). The number of hydrogen-bond donors (Lipinski definition) is 1. The summed E-state index contributed by atoms with van der Waals surface area (Å²) in [5.41, 5.74) is 2.61. The third-order valence-corrected chi connectivity index (χ3v) is 7.52. The lowest BCUT2D eigenvalue weighted by Crippen LogP contribution is -2.28. The number of para-hydroxylation sites is 3. The summed E-state index contributed by atoms with van der Waals surface area (Å²) in [6.07, 6.45) is -5.93. The van der Waals surface area contributed by atoms with Crippen LogP contribution >= 0.6 is 0 Å². The van der Waals surface area contributed by atoms with Gasteiger partial charge >= 0.3 is 6.18 Å². The minimum absolute atomic E-state index is 0.0324. The van der Waals surface area contributed by atoms with E-state index in [1.54, 1.807) is 60.7 Å². The highest BCUT2D eigenvalue weighted by molar-refractivity contribution is 6.16. The summed E-state index contributed by atoms with van der Waals surface area (Å²) in [5.74, 6) is -0.489. The number of hydrogen-bond acceptors (Lipinski definition) is 2. The SMILES string of the molecule is O=C1c2c(cccc2-n2c3ccccc3c3cccc(C(F)(F)F)c32)C(O)N1c1ccccc1-c1ccccc1. The van der Waals surface area contributed by atoms with Gasteiger partial charge in [-0.15, -0.1) is 0 Å². The van der Waals surface area contributed by atoms with Gasteiger partial charge in [0.05, 0.1) is 33.5 Å². The van der Waals surface area contributed by atoms with Crippen LogP contribution in [0.4, 0.5) is 18.9 Å². The second-order valence-corrected chi connectivity index (χ2v) is 9.73. The summed E-state index contributed by atoms with van der Waals surface area (Å²) in [5, 5.41) is 12.6. The summed E-state index contributed by atoms with van der Waals surface area (Å²) >= 11 is 0. The molecule has 40 heavy (non-hydrogen) atoms. The number of alkyl halides is 3. The van der Waals surface area contributed by atoms with Gasteiger partial charge in [-0.2, -0.15) is 13.2 Å². The molecule has 6 aromatic rings. The highest BCUT2D eigenvalue weighted by atomic mass is 19.4. The lowest BCUT2D eigenvalue weighted by atomic mass is 10.0. The first-order valence-corrected chi connectivity index (χ1v) is 12.7. The highest BCUT2D eigenvalue weighted by Crippen LogP contribution is 2.45. The highest BCUT2D eigenvalue weighted by Gasteiger charge is 2.41. The fourth-order valence-electron chi connectivity index (χ4n) is 5.85. The Labute approximate surface area is 227 Å². The Bertz CT molecular complexity index is 1940. The maximum atomic E-state index is 14.3. The maximum Gasteiger partial charge on any atom is 0.418 e. The number of rotatable bonds is 3. The largest absolute Gasteiger partial charge is 0.418 e. The quantitative estimate of drug-likeness (QED) is 0.249. The predicted molar refractivity (Wildman–Crippen MR) is 149 cm³/mol. The van der Waals surface area contributed by atoms with Crippen molar-refractivity contribution in [3.8, 4) is 16.8 Å². The Kier molecular flexibility index (Phi) is 5.34. The van der Waals surface area contributed by atoms with Gasteiger partial charge in [0, 0.05) is 21.9 Å². The molecule has 2 heterocycles. The van der Waals surface area contributed by atoms with Crippen molar-refractivity contribution < 1.29 is 23.1 Å². The zero-order chi connectivity index (χ0) is 27.6. The number of carbonyl (C=O) groups is 1. The number of aliphatic hydroxyl groups is 1. The third-order valence-electron chi connectivity index (χ3n) is 7.52. The summed E-state index contributed by atoms with van der Waals surface area (Å²) in [7, 11) is 0. The first kappa shape index (κ1) is 24.2. The van der Waals surface area contributed by atoms with Gasteiger partial charge in [-0.25, -0.2) is 0 Å². The second-order valence-electron chi connectivity index (χ2n) is 9.73. The lowest BCUT2D eigenvalue weighted by molar-refractivity contribution is -0.136. The zero-order valence-electron chi connectivity index (χ0n) is 20.9. The normalized spacial score (nSPS) is 15.2. The molecule has 1 atom stereocenters. The van der Waals surface area contributed by atoms with Crippen molar-refractivity contribution in [2.75, 3.05) is 4.90 Å². The number of fused-ring (bicyclic) bond motifs is 4. The molecule has 5 aromatic carbocycles. The summed E-state index contributed by atoms with van der Waals surface area (Å²) in [6.45, 7) is 0. The van der Waals surface area contributed by atoms with E-state index in [9.17, 15) is 23.1 Å². The summed E-state index contributed by atoms with van der Waals surface area (Å²) in [6, 6.07) is 32.9. The van der Waals surface area contributed by atoms with Gasteiger partial charge < -0.3 is 9.67 Å². The standard InChI is InChI=1S/C33H21F3N2O2/c34-33(35,36)25-16-8-14-23-22-13-5-7-18-27(22)37(30(23)25)28-19-9-15-24-29(28)32(40)38(31(24)39)26-17-6-4-12-21(26)20-10-2-1-3-11-20/h1-19,31,39H. The van der Waals surface area contributed by atoms with Gasteiger partial charge in [0.15, 0.2) is 6.23 Å². The molecule has 0 saturated heterocycles. The Morgan fingerprint density at radius 1 is 0.675 bits per heavy atom. The van der Waals surface area contributed by atoms with E-state index in [4.69, 9.17) is 0 Å². The third kappa shape index (κ3) is 3.48. The van der Waals surface area contributed by atoms with Crippen LogP contribution in [0.3, 0.4) is 0 Å². The van der Waals surface area contributed by atoms with Gasteiger partial charge in [0.2, 0.25) is 0 Å². The number of anilines is 1. The number of halogens is 3. The van der Waals surface area contributed by atoms with Gasteiger partial charge in [-0.05, 0) is 29.8 Å². The van der Waals surface area contributed by atoms with E-state index in [-0.39, 0.29) is 16.8 Å². The van der Waals surface area contributed by atoms with Crippen molar-refractivity contribution >= 4 is 33.4 Å². The van der Waals surface area contributed by atoms with E-state index in [1.807, 2.05) is 42.5 Å². The van der Waals surface area contributed by atoms with E-state index in [2.05, 4.69) is 0 Å². The molecule has 1 amide bonds. The van der Waals surface area contributed by atoms with E-state index in [0.29, 0.717) is 27.5 Å². The molecule has 7 heteroatoms. The number of aliphatic hydroxyl groups excluding tert-OH is 1. The van der Waals surface area contributed by atoms with Gasteiger partial charge in [0.1, 0.15) is 0 Å². The number of nitrogens with zero attached hydrogens (tertiary/aromatic N) is 2. The predicted octanol–water partition coefficient (Wildman–Crippen LogP) is 8.12. The second kappa shape index (κ2) is 8.83. The van der Waals surface area contributed by atoms with Crippen molar-refractivity contribution in [3.63, 3.8) is 0 Å². The van der Waals surface area contributed by atoms with Crippen LogP contribution in [-0.4, -0.2) is 15.6 Å². The van der Waals surface area contributed by atoms with Crippen LogP contribution in [0.5, 0.6) is 0 Å². The van der Waals surface area contributed by atoms with Crippen LogP contribution in [-0.2, 0) is 6.18 Å². The number of benzene rings is 5. The number of amides is 1. The average Bonchev–Trinajstić information content (AvgIpc) is 3.44. The molecule has 196 valence electrons. The van der Waals surface area contributed by atoms with Crippen LogP contribution in [0.25, 0.3) is 38.6 Å². The first-order chi connectivity index (χ1) is 19.4. The molecule has 1 unspecified atom stereocenters. The maximum absolute atomic E-state index is 14.3. The molecule has 0 bridgehead atoms. The lowest BCUT2D eigenvalue weighted by Gasteiger charge is -2.24. The smallest absolute Gasteiger partial charge is 0.369 e. The molecule has 0 saturated carbocycles. The minimum Gasteiger partial charge on any atom is -0.369 e. The molecule has 0 spiro atoms. The fourth-order valence-corrected chi connectivity index (χ4v) is 5.85. The van der Waals surface area contributed by atoms with Crippen LogP contribution < -0.4 is 4.90 Å². The Hall–Kier alpha value is -4.88. The van der Waals surface area contributed by atoms with Crippen LogP contribution in [0, 0.1) is 0 Å². The Morgan fingerprint density at radius 2 is 1.32 bits per heavy atom. The van der Waals surface area contributed by atoms with Gasteiger partial charge in [0.25, 0.3) is 5.91 Å². The average molecular weight is 535 g/mol. The van der Waals surface area contributed by atoms with E-state index < -0.39 is 23.9 Å². The van der Waals surface area contributed by atoms with Crippen LogP contribution in [0.15, 0.2) is 115 Å². The Morgan fingerprint density at radius 3 is 2.12 bits per heavy atom. The van der Waals surface area contributed by atoms with Crippen molar-refractivity contribution in [1.82, 2.24) is 4.57 Å². The van der Waals surface area contributed by atoms with E-state index in [0.717, 1.165) is 17.2 Å². The monoisotopic (exact) mass is 534 g/mol. The van der Waals surface area contributed by atoms with E-state index in [1.165, 1.54) is 15.5 Å².